The molecule has 4 heteroatoms. The van der Waals surface area contributed by atoms with E-state index in [0.717, 1.165) is 11.1 Å². The van der Waals surface area contributed by atoms with Gasteiger partial charge in [-0.25, -0.2) is 4.79 Å². The highest BCUT2D eigenvalue weighted by Crippen LogP contribution is 2.17. The average molecular weight is 274 g/mol. The number of aliphatic hydroxyl groups is 1. The summed E-state index contributed by atoms with van der Waals surface area (Å²) in [6.07, 6.45) is 0.428. The lowest BCUT2D eigenvalue weighted by molar-refractivity contribution is 0.217. The maximum atomic E-state index is 12.1. The molecule has 108 valence electrons. The zero-order valence-corrected chi connectivity index (χ0v) is 12.4. The lowest BCUT2D eigenvalue weighted by atomic mass is 10.1. The van der Waals surface area contributed by atoms with Gasteiger partial charge in [0.15, 0.2) is 0 Å². The van der Waals surface area contributed by atoms with Gasteiger partial charge in [0, 0.05) is 25.1 Å². The Bertz CT molecular complexity index is 511. The van der Waals surface area contributed by atoms with Gasteiger partial charge in [0.05, 0.1) is 12.3 Å². The van der Waals surface area contributed by atoms with Crippen LogP contribution in [0.1, 0.15) is 31.4 Å². The molecule has 0 fully saturated rings. The summed E-state index contributed by atoms with van der Waals surface area (Å²) in [6, 6.07) is 5.61. The number of nitrogens with zero attached hydrogens (tertiary/aromatic N) is 1. The Morgan fingerprint density at radius 2 is 2.05 bits per heavy atom. The minimum absolute atomic E-state index is 0.0416. The van der Waals surface area contributed by atoms with E-state index in [1.165, 1.54) is 0 Å². The van der Waals surface area contributed by atoms with Crippen LogP contribution >= 0.6 is 0 Å². The van der Waals surface area contributed by atoms with Crippen molar-refractivity contribution in [1.82, 2.24) is 4.90 Å². The molecule has 0 radical (unpaired) electrons. The van der Waals surface area contributed by atoms with E-state index in [4.69, 9.17) is 5.11 Å². The fraction of sp³-hybridized carbons (Fsp3) is 0.438. The van der Waals surface area contributed by atoms with E-state index in [1.807, 2.05) is 39.0 Å². The predicted molar refractivity (Wildman–Crippen MR) is 81.7 cm³/mol. The van der Waals surface area contributed by atoms with Gasteiger partial charge in [-0.3, -0.25) is 0 Å². The fourth-order valence-electron chi connectivity index (χ4n) is 1.79. The van der Waals surface area contributed by atoms with Crippen LogP contribution in [0.25, 0.3) is 0 Å². The first-order chi connectivity index (χ1) is 9.62. The Hall–Kier alpha value is -1.99. The number of anilines is 1. The molecule has 0 aliphatic carbocycles. The normalized spacial score (nSPS) is 9.60. The second kappa shape index (κ2) is 8.23. The van der Waals surface area contributed by atoms with Crippen molar-refractivity contribution in [3.8, 4) is 11.8 Å². The summed E-state index contributed by atoms with van der Waals surface area (Å²) in [7, 11) is 0. The number of carbonyl (C=O) groups is 1. The summed E-state index contributed by atoms with van der Waals surface area (Å²) in [5.74, 6) is 5.88. The highest BCUT2D eigenvalue weighted by Gasteiger charge is 2.11. The number of nitrogens with one attached hydrogen (secondary N) is 1. The number of carbonyl (C=O) groups excluding carboxylic acids is 1. The van der Waals surface area contributed by atoms with Crippen molar-refractivity contribution in [1.29, 1.82) is 0 Å². The minimum atomic E-state index is -0.121. The SMILES string of the molecule is CCN(CC)C(=O)Nc1ccc(C)cc1C#CCCO. The maximum absolute atomic E-state index is 12.1. The maximum Gasteiger partial charge on any atom is 0.321 e. The van der Waals surface area contributed by atoms with Gasteiger partial charge in [-0.15, -0.1) is 0 Å². The molecule has 0 aliphatic rings. The number of urea groups is 1. The number of hydrogen-bond acceptors (Lipinski definition) is 2. The highest BCUT2D eigenvalue weighted by molar-refractivity contribution is 5.91. The van der Waals surface area contributed by atoms with Crippen molar-refractivity contribution in [3.05, 3.63) is 29.3 Å². The van der Waals surface area contributed by atoms with Crippen LogP contribution in [-0.2, 0) is 0 Å². The van der Waals surface area contributed by atoms with E-state index in [2.05, 4.69) is 17.2 Å². The molecule has 0 unspecified atom stereocenters. The van der Waals surface area contributed by atoms with Crippen molar-refractivity contribution >= 4 is 11.7 Å². The minimum Gasteiger partial charge on any atom is -0.395 e. The number of rotatable bonds is 4. The highest BCUT2D eigenvalue weighted by atomic mass is 16.2. The van der Waals surface area contributed by atoms with Crippen LogP contribution in [0.4, 0.5) is 10.5 Å². The molecule has 20 heavy (non-hydrogen) atoms. The van der Waals surface area contributed by atoms with Crippen LogP contribution in [0.2, 0.25) is 0 Å². The first kappa shape index (κ1) is 16.1. The van der Waals surface area contributed by atoms with Gasteiger partial charge >= 0.3 is 6.03 Å². The topological polar surface area (TPSA) is 52.6 Å². The molecule has 0 aromatic heterocycles. The summed E-state index contributed by atoms with van der Waals surface area (Å²) >= 11 is 0. The number of amides is 2. The largest absolute Gasteiger partial charge is 0.395 e. The molecule has 0 bridgehead atoms. The molecular weight excluding hydrogens is 252 g/mol. The van der Waals surface area contributed by atoms with Gasteiger partial charge < -0.3 is 15.3 Å². The third kappa shape index (κ3) is 4.60. The summed E-state index contributed by atoms with van der Waals surface area (Å²) in [5, 5.41) is 11.7. The Morgan fingerprint density at radius 3 is 2.65 bits per heavy atom. The van der Waals surface area contributed by atoms with Crippen molar-refractivity contribution in [2.45, 2.75) is 27.2 Å². The van der Waals surface area contributed by atoms with Gasteiger partial charge in [0.2, 0.25) is 0 Å². The Morgan fingerprint density at radius 1 is 1.35 bits per heavy atom. The van der Waals surface area contributed by atoms with E-state index < -0.39 is 0 Å². The number of hydrogen-bond donors (Lipinski definition) is 2. The Balaban J connectivity index is 2.95. The molecule has 2 amide bonds. The molecule has 0 saturated carbocycles. The second-order valence-corrected chi connectivity index (χ2v) is 4.43. The van der Waals surface area contributed by atoms with Crippen molar-refractivity contribution in [2.75, 3.05) is 25.0 Å². The van der Waals surface area contributed by atoms with Gasteiger partial charge in [-0.1, -0.05) is 17.9 Å². The summed E-state index contributed by atoms with van der Waals surface area (Å²) in [4.78, 5) is 13.8. The number of aryl methyl sites for hydroxylation is 1. The first-order valence-electron chi connectivity index (χ1n) is 6.88. The van der Waals surface area contributed by atoms with Gasteiger partial charge in [0.25, 0.3) is 0 Å². The van der Waals surface area contributed by atoms with Crippen LogP contribution < -0.4 is 5.32 Å². The summed E-state index contributed by atoms with van der Waals surface area (Å²) in [6.45, 7) is 7.24. The lowest BCUT2D eigenvalue weighted by Crippen LogP contribution is -2.34. The Labute approximate surface area is 120 Å². The smallest absolute Gasteiger partial charge is 0.321 e. The molecule has 1 aromatic rings. The molecular formula is C16H22N2O2. The first-order valence-corrected chi connectivity index (χ1v) is 6.88. The predicted octanol–water partition coefficient (Wildman–Crippen LogP) is 2.60. The molecule has 0 atom stereocenters. The lowest BCUT2D eigenvalue weighted by Gasteiger charge is -2.19. The number of benzene rings is 1. The monoisotopic (exact) mass is 274 g/mol. The average Bonchev–Trinajstić information content (AvgIpc) is 2.43. The molecule has 0 saturated heterocycles. The molecule has 1 rings (SSSR count). The van der Waals surface area contributed by atoms with Crippen molar-refractivity contribution in [3.63, 3.8) is 0 Å². The van der Waals surface area contributed by atoms with Crippen molar-refractivity contribution in [2.24, 2.45) is 0 Å². The van der Waals surface area contributed by atoms with E-state index >= 15 is 0 Å². The third-order valence-electron chi connectivity index (χ3n) is 2.93. The van der Waals surface area contributed by atoms with Crippen LogP contribution in [0.5, 0.6) is 0 Å². The van der Waals surface area contributed by atoms with E-state index in [9.17, 15) is 4.79 Å². The molecule has 0 aliphatic heterocycles. The fourth-order valence-corrected chi connectivity index (χ4v) is 1.79. The third-order valence-corrected chi connectivity index (χ3v) is 2.93. The van der Waals surface area contributed by atoms with E-state index in [-0.39, 0.29) is 12.6 Å². The van der Waals surface area contributed by atoms with Gasteiger partial charge in [0.1, 0.15) is 0 Å². The summed E-state index contributed by atoms with van der Waals surface area (Å²) < 4.78 is 0. The van der Waals surface area contributed by atoms with Crippen LogP contribution in [0.15, 0.2) is 18.2 Å². The molecule has 0 heterocycles. The van der Waals surface area contributed by atoms with E-state index in [0.29, 0.717) is 25.2 Å². The van der Waals surface area contributed by atoms with Crippen LogP contribution in [-0.4, -0.2) is 35.7 Å². The Kier molecular flexibility index (Phi) is 6.61. The van der Waals surface area contributed by atoms with Crippen LogP contribution in [0, 0.1) is 18.8 Å². The van der Waals surface area contributed by atoms with Gasteiger partial charge in [-0.2, -0.15) is 0 Å². The summed E-state index contributed by atoms with van der Waals surface area (Å²) in [5.41, 5.74) is 2.57. The molecule has 0 spiro atoms. The van der Waals surface area contributed by atoms with Crippen molar-refractivity contribution < 1.29 is 9.90 Å². The number of aliphatic hydroxyl groups excluding tert-OH is 1. The molecule has 1 aromatic carbocycles. The standard InChI is InChI=1S/C16H22N2O2/c1-4-18(5-2)16(20)17-15-10-9-13(3)12-14(15)8-6-7-11-19/h9-10,12,19H,4-5,7,11H2,1-3H3,(H,17,20). The zero-order chi connectivity index (χ0) is 15.0. The van der Waals surface area contributed by atoms with E-state index in [1.54, 1.807) is 4.90 Å². The second-order valence-electron chi connectivity index (χ2n) is 4.43. The van der Waals surface area contributed by atoms with Gasteiger partial charge in [-0.05, 0) is 38.5 Å². The molecule has 2 N–H and O–H groups in total. The molecule has 4 nitrogen and oxygen atoms in total. The quantitative estimate of drug-likeness (QED) is 0.829. The van der Waals surface area contributed by atoms with Crippen LogP contribution in [0.3, 0.4) is 0 Å². The zero-order valence-electron chi connectivity index (χ0n) is 12.4.